The fraction of sp³-hybridized carbons (Fsp3) is 0.737. The van der Waals surface area contributed by atoms with E-state index in [4.69, 9.17) is 0 Å². The Kier molecular flexibility index (Phi) is 3.18. The summed E-state index contributed by atoms with van der Waals surface area (Å²) in [6.07, 6.45) is 9.00. The van der Waals surface area contributed by atoms with Gasteiger partial charge in [0.25, 0.3) is 0 Å². The molecule has 0 aromatic carbocycles. The fourth-order valence-corrected chi connectivity index (χ4v) is 6.29. The van der Waals surface area contributed by atoms with Crippen molar-refractivity contribution in [3.05, 3.63) is 11.6 Å². The molecule has 0 radical (unpaired) electrons. The molecule has 4 rings (SSSR count). The van der Waals surface area contributed by atoms with Crippen molar-refractivity contribution in [3.8, 4) is 0 Å². The quantitative estimate of drug-likeness (QED) is 0.699. The lowest BCUT2D eigenvalue weighted by Crippen LogP contribution is -2.51. The van der Waals surface area contributed by atoms with Crippen LogP contribution in [0.15, 0.2) is 11.6 Å². The number of aldehydes is 1. The Balaban J connectivity index is 1.73. The summed E-state index contributed by atoms with van der Waals surface area (Å²) in [5, 5.41) is 0. The van der Waals surface area contributed by atoms with Crippen LogP contribution in [-0.4, -0.2) is 17.9 Å². The van der Waals surface area contributed by atoms with Crippen molar-refractivity contribution < 1.29 is 14.4 Å². The second-order valence-electron chi connectivity index (χ2n) is 8.10. The van der Waals surface area contributed by atoms with Crippen LogP contribution < -0.4 is 0 Å². The molecule has 0 aromatic rings. The number of carbonyl (C=O) groups excluding carboxylic acids is 3. The maximum Gasteiger partial charge on any atom is 0.155 e. The van der Waals surface area contributed by atoms with E-state index in [1.165, 1.54) is 5.57 Å². The van der Waals surface area contributed by atoms with E-state index in [2.05, 4.69) is 6.92 Å². The predicted octanol–water partition coefficient (Wildman–Crippen LogP) is 3.12. The van der Waals surface area contributed by atoms with Crippen LogP contribution in [0.2, 0.25) is 0 Å². The maximum atomic E-state index is 12.4. The lowest BCUT2D eigenvalue weighted by molar-refractivity contribution is -0.137. The second kappa shape index (κ2) is 4.87. The molecule has 22 heavy (non-hydrogen) atoms. The number of allylic oxidation sites excluding steroid dienone is 1. The summed E-state index contributed by atoms with van der Waals surface area (Å²) >= 11 is 0. The van der Waals surface area contributed by atoms with Crippen LogP contribution in [0.4, 0.5) is 0 Å². The third kappa shape index (κ3) is 1.83. The molecule has 0 amide bonds. The first-order valence-electron chi connectivity index (χ1n) is 8.76. The van der Waals surface area contributed by atoms with E-state index in [1.54, 1.807) is 0 Å². The van der Waals surface area contributed by atoms with E-state index in [1.807, 2.05) is 6.08 Å². The molecule has 6 atom stereocenters. The average Bonchev–Trinajstić information content (AvgIpc) is 2.81. The zero-order valence-electron chi connectivity index (χ0n) is 13.2. The lowest BCUT2D eigenvalue weighted by atomic mass is 9.49. The van der Waals surface area contributed by atoms with Crippen LogP contribution >= 0.6 is 0 Å². The van der Waals surface area contributed by atoms with Gasteiger partial charge in [-0.3, -0.25) is 9.59 Å². The van der Waals surface area contributed by atoms with Crippen LogP contribution in [0.25, 0.3) is 0 Å². The summed E-state index contributed by atoms with van der Waals surface area (Å²) in [5.74, 6) is 2.36. The molecule has 3 heteroatoms. The summed E-state index contributed by atoms with van der Waals surface area (Å²) in [4.78, 5) is 35.9. The van der Waals surface area contributed by atoms with Crippen molar-refractivity contribution in [1.29, 1.82) is 0 Å². The number of carbonyl (C=O) groups is 3. The van der Waals surface area contributed by atoms with Gasteiger partial charge in [-0.05, 0) is 61.9 Å². The molecule has 0 spiro atoms. The van der Waals surface area contributed by atoms with E-state index < -0.39 is 0 Å². The average molecular weight is 300 g/mol. The monoisotopic (exact) mass is 300 g/mol. The summed E-state index contributed by atoms with van der Waals surface area (Å²) in [5.41, 5.74) is 1.02. The molecule has 3 fully saturated rings. The highest BCUT2D eigenvalue weighted by molar-refractivity contribution is 5.91. The molecule has 0 aromatic heterocycles. The number of hydrogen-bond acceptors (Lipinski definition) is 3. The largest absolute Gasteiger partial charge is 0.303 e. The highest BCUT2D eigenvalue weighted by Crippen LogP contribution is 2.61. The van der Waals surface area contributed by atoms with Gasteiger partial charge in [-0.2, -0.15) is 0 Å². The van der Waals surface area contributed by atoms with Crippen LogP contribution in [0.3, 0.4) is 0 Å². The molecule has 4 aliphatic carbocycles. The summed E-state index contributed by atoms with van der Waals surface area (Å²) in [6.45, 7) is 2.11. The normalized spacial score (nSPS) is 47.3. The van der Waals surface area contributed by atoms with Gasteiger partial charge in [-0.15, -0.1) is 0 Å². The molecule has 0 aliphatic heterocycles. The highest BCUT2D eigenvalue weighted by atomic mass is 16.1. The van der Waals surface area contributed by atoms with E-state index in [0.29, 0.717) is 42.3 Å². The van der Waals surface area contributed by atoms with Gasteiger partial charge in [-0.25, -0.2) is 0 Å². The van der Waals surface area contributed by atoms with Crippen molar-refractivity contribution in [2.24, 2.45) is 35.0 Å². The van der Waals surface area contributed by atoms with Gasteiger partial charge in [0.05, 0.1) is 0 Å². The Bertz CT molecular complexity index is 575. The second-order valence-corrected chi connectivity index (χ2v) is 8.10. The standard InChI is InChI=1S/C19H24O3/c1-19-9-12(10-20)18-14-5-3-13(21)8-11(14)2-4-15(18)16(19)6-7-17(19)22/h8,10,12,14-16,18H,2-7,9H2,1H3/t12-,14?,15?,16?,18?,19+/m1/s1. The van der Waals surface area contributed by atoms with Crippen molar-refractivity contribution in [1.82, 2.24) is 0 Å². The molecule has 0 bridgehead atoms. The van der Waals surface area contributed by atoms with Crippen molar-refractivity contribution >= 4 is 17.9 Å². The van der Waals surface area contributed by atoms with Crippen molar-refractivity contribution in [2.75, 3.05) is 0 Å². The minimum absolute atomic E-state index is 0.00444. The number of ketones is 2. The maximum absolute atomic E-state index is 12.4. The first-order chi connectivity index (χ1) is 10.5. The number of Topliss-reactive ketones (excluding diaryl/α,β-unsaturated/α-hetero) is 1. The van der Waals surface area contributed by atoms with Crippen LogP contribution in [0, 0.1) is 35.0 Å². The van der Waals surface area contributed by atoms with E-state index in [0.717, 1.165) is 38.4 Å². The number of rotatable bonds is 1. The van der Waals surface area contributed by atoms with Gasteiger partial charge in [0.1, 0.15) is 12.1 Å². The summed E-state index contributed by atoms with van der Waals surface area (Å²) in [6, 6.07) is 0. The fourth-order valence-electron chi connectivity index (χ4n) is 6.29. The van der Waals surface area contributed by atoms with Crippen molar-refractivity contribution in [3.63, 3.8) is 0 Å². The molecular formula is C19H24O3. The summed E-state index contributed by atoms with van der Waals surface area (Å²) < 4.78 is 0. The molecule has 0 N–H and O–H groups in total. The first kappa shape index (κ1) is 14.3. The first-order valence-corrected chi connectivity index (χ1v) is 8.76. The van der Waals surface area contributed by atoms with Crippen LogP contribution in [0.1, 0.15) is 51.9 Å². The Labute approximate surface area is 131 Å². The molecule has 118 valence electrons. The minimum Gasteiger partial charge on any atom is -0.303 e. The minimum atomic E-state index is -0.265. The Morgan fingerprint density at radius 1 is 1.14 bits per heavy atom. The Hall–Kier alpha value is -1.25. The summed E-state index contributed by atoms with van der Waals surface area (Å²) in [7, 11) is 0. The van der Waals surface area contributed by atoms with E-state index in [-0.39, 0.29) is 17.1 Å². The predicted molar refractivity (Wildman–Crippen MR) is 82.0 cm³/mol. The van der Waals surface area contributed by atoms with E-state index in [9.17, 15) is 14.4 Å². The van der Waals surface area contributed by atoms with Crippen LogP contribution in [0.5, 0.6) is 0 Å². The highest BCUT2D eigenvalue weighted by Gasteiger charge is 2.59. The third-order valence-electron chi connectivity index (χ3n) is 7.23. The third-order valence-corrected chi connectivity index (χ3v) is 7.23. The smallest absolute Gasteiger partial charge is 0.155 e. The Morgan fingerprint density at radius 3 is 2.73 bits per heavy atom. The molecule has 4 aliphatic rings. The molecule has 0 heterocycles. The van der Waals surface area contributed by atoms with Gasteiger partial charge >= 0.3 is 0 Å². The van der Waals surface area contributed by atoms with Gasteiger partial charge in [0.15, 0.2) is 5.78 Å². The van der Waals surface area contributed by atoms with E-state index >= 15 is 0 Å². The number of fused-ring (bicyclic) bond motifs is 5. The topological polar surface area (TPSA) is 51.2 Å². The number of hydrogen-bond donors (Lipinski definition) is 0. The van der Waals surface area contributed by atoms with Crippen LogP contribution in [-0.2, 0) is 14.4 Å². The zero-order chi connectivity index (χ0) is 15.5. The van der Waals surface area contributed by atoms with Gasteiger partial charge in [0.2, 0.25) is 0 Å². The SMILES string of the molecule is C[C@]12C[C@H](C=O)C3C4CCC(=O)C=C4CCC3C1CCC2=O. The Morgan fingerprint density at radius 2 is 1.95 bits per heavy atom. The zero-order valence-corrected chi connectivity index (χ0v) is 13.2. The molecule has 3 nitrogen and oxygen atoms in total. The molecule has 3 saturated carbocycles. The lowest BCUT2D eigenvalue weighted by Gasteiger charge is -2.54. The van der Waals surface area contributed by atoms with Gasteiger partial charge in [-0.1, -0.05) is 12.5 Å². The van der Waals surface area contributed by atoms with Gasteiger partial charge in [0, 0.05) is 24.2 Å². The molecule has 4 unspecified atom stereocenters. The van der Waals surface area contributed by atoms with Crippen molar-refractivity contribution in [2.45, 2.75) is 51.9 Å². The molecule has 0 saturated heterocycles. The van der Waals surface area contributed by atoms with Gasteiger partial charge < -0.3 is 4.79 Å². The molecular weight excluding hydrogens is 276 g/mol.